The summed E-state index contributed by atoms with van der Waals surface area (Å²) in [5.74, 6) is 1.09. The van der Waals surface area contributed by atoms with Crippen LogP contribution in [0, 0.1) is 31.6 Å². The van der Waals surface area contributed by atoms with Gasteiger partial charge in [-0.1, -0.05) is 72.8 Å². The Morgan fingerprint density at radius 2 is 1.46 bits per heavy atom. The summed E-state index contributed by atoms with van der Waals surface area (Å²) in [6, 6.07) is 6.06. The first-order valence-electron chi connectivity index (χ1n) is 19.2. The molecular formula is C42H70O6Si2. The first-order valence-corrected chi connectivity index (χ1v) is 25.1. The number of fused-ring (bicyclic) bond motifs is 1. The van der Waals surface area contributed by atoms with E-state index in [2.05, 4.69) is 98.9 Å². The summed E-state index contributed by atoms with van der Waals surface area (Å²) < 4.78 is 33.2. The molecule has 2 aliphatic carbocycles. The van der Waals surface area contributed by atoms with Crippen molar-refractivity contribution in [2.24, 2.45) is 17.8 Å². The molecule has 8 heteroatoms. The van der Waals surface area contributed by atoms with Gasteiger partial charge < -0.3 is 23.1 Å². The quantitative estimate of drug-likeness (QED) is 0.167. The molecular weight excluding hydrogens is 657 g/mol. The van der Waals surface area contributed by atoms with E-state index in [0.29, 0.717) is 24.0 Å². The molecule has 0 N–H and O–H groups in total. The summed E-state index contributed by atoms with van der Waals surface area (Å²) in [6.07, 6.45) is 11.5. The lowest BCUT2D eigenvalue weighted by atomic mass is 9.66. The fraction of sp³-hybridized carbons (Fsp3) is 0.738. The maximum atomic E-state index is 14.1. The molecule has 0 radical (unpaired) electrons. The third-order valence-electron chi connectivity index (χ3n) is 12.3. The first-order chi connectivity index (χ1) is 22.9. The second-order valence-electron chi connectivity index (χ2n) is 19.2. The van der Waals surface area contributed by atoms with E-state index < -0.39 is 22.2 Å². The minimum absolute atomic E-state index is 0.0713. The molecule has 50 heavy (non-hydrogen) atoms. The number of ether oxygens (including phenoxy) is 3. The molecule has 0 bridgehead atoms. The van der Waals surface area contributed by atoms with Crippen molar-refractivity contribution in [3.63, 3.8) is 0 Å². The average molecular weight is 727 g/mol. The predicted molar refractivity (Wildman–Crippen MR) is 211 cm³/mol. The van der Waals surface area contributed by atoms with Gasteiger partial charge in [0.2, 0.25) is 0 Å². The Hall–Kier alpha value is -1.72. The van der Waals surface area contributed by atoms with Crippen molar-refractivity contribution in [2.45, 2.75) is 175 Å². The zero-order chi connectivity index (χ0) is 37.4. The number of hydrogen-bond donors (Lipinski definition) is 0. The monoisotopic (exact) mass is 726 g/mol. The molecule has 282 valence electrons. The van der Waals surface area contributed by atoms with Crippen LogP contribution in [0.15, 0.2) is 42.0 Å². The van der Waals surface area contributed by atoms with Crippen molar-refractivity contribution in [1.29, 1.82) is 0 Å². The SMILES string of the molecule is Cc1cc(C)cc(OC(C)(C)C(=O)O[C@H]2C[C@H](O[Si](C)(C)C(C)(C)C)C=C3C=C[C@H](C)[C@H](CC[C@@H]4C[C@H](O[Si](C)(C)C(C)(C)C)CCO4)[C@H]32)c1. The molecule has 0 aromatic heterocycles. The van der Waals surface area contributed by atoms with Gasteiger partial charge in [-0.2, -0.15) is 0 Å². The van der Waals surface area contributed by atoms with E-state index in [1.54, 1.807) is 0 Å². The third kappa shape index (κ3) is 10.0. The van der Waals surface area contributed by atoms with E-state index >= 15 is 0 Å². The summed E-state index contributed by atoms with van der Waals surface area (Å²) in [7, 11) is -3.94. The minimum atomic E-state index is -2.08. The van der Waals surface area contributed by atoms with Crippen LogP contribution in [-0.4, -0.2) is 59.2 Å². The van der Waals surface area contributed by atoms with Crippen LogP contribution >= 0.6 is 0 Å². The molecule has 0 unspecified atom stereocenters. The standard InChI is InChI=1S/C42H70O6Si2/c1-28-22-29(2)24-34(23-28)46-42(10,11)39(43)45-37-27-35(48-50(14,15)41(7,8)9)25-31-17-16-30(3)36(38(31)37)19-18-32-26-33(20-21-44-32)47-49(12,13)40(4,5)6/h16-17,22-25,30,32-33,35-38H,18-21,26-27H2,1-15H3/t30-,32+,33+,35+,36-,37-,38-/m0/s1. The van der Waals surface area contributed by atoms with Crippen LogP contribution in [0.5, 0.6) is 5.75 Å². The Labute approximate surface area is 307 Å². The Balaban J connectivity index is 1.56. The lowest BCUT2D eigenvalue weighted by Gasteiger charge is -2.46. The number of carbonyl (C=O) groups excluding carboxylic acids is 1. The largest absolute Gasteiger partial charge is 0.476 e. The molecule has 3 aliphatic rings. The highest BCUT2D eigenvalue weighted by atomic mass is 28.4. The molecule has 1 fully saturated rings. The van der Waals surface area contributed by atoms with Crippen LogP contribution in [0.25, 0.3) is 0 Å². The summed E-state index contributed by atoms with van der Waals surface area (Å²) in [4.78, 5) is 14.1. The number of esters is 1. The predicted octanol–water partition coefficient (Wildman–Crippen LogP) is 10.9. The molecule has 6 nitrogen and oxygen atoms in total. The lowest BCUT2D eigenvalue weighted by molar-refractivity contribution is -0.170. The Kier molecular flexibility index (Phi) is 12.6. The van der Waals surface area contributed by atoms with E-state index in [4.69, 9.17) is 23.1 Å². The highest BCUT2D eigenvalue weighted by Gasteiger charge is 2.47. The summed E-state index contributed by atoms with van der Waals surface area (Å²) in [6.45, 7) is 33.8. The number of benzene rings is 1. The number of allylic oxidation sites excluding steroid dienone is 2. The molecule has 1 heterocycles. The zero-order valence-electron chi connectivity index (χ0n) is 34.2. The van der Waals surface area contributed by atoms with Gasteiger partial charge in [0.15, 0.2) is 22.2 Å². The van der Waals surface area contributed by atoms with E-state index in [1.807, 2.05) is 39.8 Å². The van der Waals surface area contributed by atoms with Gasteiger partial charge in [0, 0.05) is 25.0 Å². The fourth-order valence-electron chi connectivity index (χ4n) is 7.34. The third-order valence-corrected chi connectivity index (χ3v) is 21.4. The van der Waals surface area contributed by atoms with Crippen molar-refractivity contribution in [1.82, 2.24) is 0 Å². The Morgan fingerprint density at radius 1 is 0.860 bits per heavy atom. The molecule has 0 spiro atoms. The lowest BCUT2D eigenvalue weighted by Crippen LogP contribution is -2.50. The molecule has 1 aromatic rings. The van der Waals surface area contributed by atoms with E-state index in [0.717, 1.165) is 43.4 Å². The van der Waals surface area contributed by atoms with Gasteiger partial charge in [-0.15, -0.1) is 0 Å². The maximum Gasteiger partial charge on any atom is 0.350 e. The average Bonchev–Trinajstić information content (AvgIpc) is 2.94. The molecule has 7 atom stereocenters. The van der Waals surface area contributed by atoms with Crippen LogP contribution in [0.4, 0.5) is 0 Å². The van der Waals surface area contributed by atoms with Gasteiger partial charge >= 0.3 is 5.97 Å². The van der Waals surface area contributed by atoms with Crippen molar-refractivity contribution in [2.75, 3.05) is 6.61 Å². The number of rotatable bonds is 11. The highest BCUT2D eigenvalue weighted by Crippen LogP contribution is 2.47. The van der Waals surface area contributed by atoms with Crippen LogP contribution in [-0.2, 0) is 23.1 Å². The van der Waals surface area contributed by atoms with Crippen LogP contribution in [0.1, 0.15) is 106 Å². The highest BCUT2D eigenvalue weighted by molar-refractivity contribution is 6.74. The summed E-state index contributed by atoms with van der Waals surface area (Å²) in [5.41, 5.74) is 2.28. The number of hydrogen-bond acceptors (Lipinski definition) is 6. The van der Waals surface area contributed by atoms with E-state index in [1.165, 1.54) is 5.57 Å². The minimum Gasteiger partial charge on any atom is -0.476 e. The zero-order valence-corrected chi connectivity index (χ0v) is 36.2. The van der Waals surface area contributed by atoms with Crippen molar-refractivity contribution in [3.8, 4) is 5.75 Å². The summed E-state index contributed by atoms with van der Waals surface area (Å²) >= 11 is 0. The van der Waals surface area contributed by atoms with Gasteiger partial charge in [0.05, 0.1) is 12.2 Å². The van der Waals surface area contributed by atoms with Crippen LogP contribution < -0.4 is 4.74 Å². The molecule has 0 saturated carbocycles. The topological polar surface area (TPSA) is 63.2 Å². The normalized spacial score (nSPS) is 28.1. The Morgan fingerprint density at radius 3 is 2.06 bits per heavy atom. The first kappa shape index (κ1) is 41.0. The van der Waals surface area contributed by atoms with Gasteiger partial charge in [-0.25, -0.2) is 4.79 Å². The Bertz CT molecular complexity index is 1380. The van der Waals surface area contributed by atoms with Crippen LogP contribution in [0.3, 0.4) is 0 Å². The number of aryl methyl sites for hydroxylation is 2. The molecule has 0 amide bonds. The van der Waals surface area contributed by atoms with Gasteiger partial charge in [-0.05, 0) is 130 Å². The van der Waals surface area contributed by atoms with Crippen molar-refractivity contribution < 1.29 is 27.9 Å². The van der Waals surface area contributed by atoms with E-state index in [9.17, 15) is 4.79 Å². The fourth-order valence-corrected chi connectivity index (χ4v) is 10.0. The molecule has 4 rings (SSSR count). The van der Waals surface area contributed by atoms with Crippen molar-refractivity contribution >= 4 is 22.6 Å². The maximum absolute atomic E-state index is 14.1. The molecule has 1 aromatic carbocycles. The van der Waals surface area contributed by atoms with Crippen molar-refractivity contribution in [3.05, 3.63) is 53.1 Å². The second-order valence-corrected chi connectivity index (χ2v) is 28.7. The van der Waals surface area contributed by atoms with Gasteiger partial charge in [0.25, 0.3) is 0 Å². The molecule has 1 saturated heterocycles. The number of carbonyl (C=O) groups is 1. The van der Waals surface area contributed by atoms with Gasteiger partial charge in [-0.3, -0.25) is 0 Å². The smallest absolute Gasteiger partial charge is 0.350 e. The second kappa shape index (κ2) is 15.3. The summed E-state index contributed by atoms with van der Waals surface area (Å²) in [5, 5.41) is 0.257. The van der Waals surface area contributed by atoms with Gasteiger partial charge in [0.1, 0.15) is 11.9 Å². The molecule has 1 aliphatic heterocycles. The van der Waals surface area contributed by atoms with E-state index in [-0.39, 0.29) is 46.4 Å². The van der Waals surface area contributed by atoms with Crippen LogP contribution in [0.2, 0.25) is 36.3 Å².